The van der Waals surface area contributed by atoms with Crippen LogP contribution in [0.2, 0.25) is 0 Å². The topological polar surface area (TPSA) is 146 Å². The van der Waals surface area contributed by atoms with E-state index in [9.17, 15) is 15.2 Å². The molecular weight excluding hydrogens is 587 g/mol. The van der Waals surface area contributed by atoms with Crippen molar-refractivity contribution in [3.8, 4) is 28.8 Å². The number of amides is 1. The van der Waals surface area contributed by atoms with Crippen molar-refractivity contribution < 1.29 is 19.0 Å². The second-order valence-corrected chi connectivity index (χ2v) is 12.4. The number of anilines is 1. The number of likely N-dealkylation sites (tertiary alicyclic amines) is 2. The molecular formula is C34H37FN8O3. The molecule has 11 nitrogen and oxygen atoms in total. The third kappa shape index (κ3) is 6.29. The molecule has 0 bridgehead atoms. The van der Waals surface area contributed by atoms with Gasteiger partial charge in [0.1, 0.15) is 46.8 Å². The third-order valence-corrected chi connectivity index (χ3v) is 8.85. The minimum Gasteiger partial charge on any atom is -0.457 e. The number of halogens is 1. The van der Waals surface area contributed by atoms with Gasteiger partial charge in [-0.05, 0) is 69.9 Å². The highest BCUT2D eigenvalue weighted by molar-refractivity contribution is 5.99. The van der Waals surface area contributed by atoms with Crippen molar-refractivity contribution in [2.45, 2.75) is 57.2 Å². The van der Waals surface area contributed by atoms with E-state index in [0.717, 1.165) is 0 Å². The fraction of sp³-hybridized carbons (Fsp3) is 0.382. The maximum atomic E-state index is 15.6. The van der Waals surface area contributed by atoms with Gasteiger partial charge in [0.2, 0.25) is 0 Å². The van der Waals surface area contributed by atoms with Crippen LogP contribution in [0.4, 0.5) is 10.2 Å². The molecule has 4 heterocycles. The van der Waals surface area contributed by atoms with Gasteiger partial charge in [-0.3, -0.25) is 9.69 Å². The molecule has 2 aliphatic heterocycles. The van der Waals surface area contributed by atoms with E-state index >= 15 is 4.39 Å². The van der Waals surface area contributed by atoms with E-state index in [-0.39, 0.29) is 35.0 Å². The number of carbonyl (C=O) groups excluding carboxylic acids is 1. The minimum absolute atomic E-state index is 0.0780. The van der Waals surface area contributed by atoms with Crippen LogP contribution in [0.15, 0.2) is 66.5 Å². The van der Waals surface area contributed by atoms with Crippen molar-refractivity contribution in [2.24, 2.45) is 0 Å². The lowest BCUT2D eigenvalue weighted by Crippen LogP contribution is -2.48. The van der Waals surface area contributed by atoms with Crippen LogP contribution in [-0.4, -0.2) is 78.4 Å². The Hall–Kier alpha value is -4.86. The summed E-state index contributed by atoms with van der Waals surface area (Å²) in [7, 11) is 0. The summed E-state index contributed by atoms with van der Waals surface area (Å²) in [6.07, 6.45) is 5.45. The average Bonchev–Trinajstić information content (AvgIpc) is 3.45. The molecule has 46 heavy (non-hydrogen) atoms. The summed E-state index contributed by atoms with van der Waals surface area (Å²) in [4.78, 5) is 26.2. The molecule has 2 aromatic heterocycles. The summed E-state index contributed by atoms with van der Waals surface area (Å²) in [5, 5.41) is 25.2. The van der Waals surface area contributed by atoms with Gasteiger partial charge in [0.05, 0.1) is 17.5 Å². The molecule has 0 spiro atoms. The van der Waals surface area contributed by atoms with Crippen LogP contribution < -0.4 is 10.5 Å². The molecule has 0 radical (unpaired) electrons. The number of piperidine rings is 2. The smallest absolute Gasteiger partial charge is 0.264 e. The fourth-order valence-corrected chi connectivity index (χ4v) is 6.35. The van der Waals surface area contributed by atoms with Crippen LogP contribution in [0.25, 0.3) is 22.3 Å². The van der Waals surface area contributed by atoms with E-state index in [1.165, 1.54) is 12.4 Å². The van der Waals surface area contributed by atoms with E-state index in [0.29, 0.717) is 80.1 Å². The lowest BCUT2D eigenvalue weighted by atomic mass is 9.94. The van der Waals surface area contributed by atoms with Gasteiger partial charge in [-0.15, -0.1) is 0 Å². The van der Waals surface area contributed by atoms with E-state index in [1.54, 1.807) is 39.9 Å². The molecule has 2 saturated heterocycles. The highest BCUT2D eigenvalue weighted by Crippen LogP contribution is 2.36. The van der Waals surface area contributed by atoms with Crippen LogP contribution in [-0.2, 0) is 4.79 Å². The summed E-state index contributed by atoms with van der Waals surface area (Å²) < 4.78 is 23.1. The molecule has 4 aromatic rings. The van der Waals surface area contributed by atoms with E-state index < -0.39 is 11.4 Å². The number of hydrogen-bond donors (Lipinski definition) is 2. The van der Waals surface area contributed by atoms with Crippen molar-refractivity contribution >= 4 is 22.8 Å². The van der Waals surface area contributed by atoms with Crippen LogP contribution in [0.5, 0.6) is 11.5 Å². The summed E-state index contributed by atoms with van der Waals surface area (Å²) in [5.74, 6) is 0.203. The number of rotatable bonds is 7. The standard InChI is InChI=1S/C34H37FN8O3/c1-34(2,42-15-12-24(44)13-16-42)18-22(19-36)33(45)41-14-6-7-23(20-41)43-32-29(31(37)38-21-39-32)30(40-43)27-11-10-26(17-28(27)35)46-25-8-4-3-5-9-25/h3-5,8-11,17-18,21,23-24,44H,6-7,12-16,20H2,1-2H3,(H2,37,38,39)/t23-/m0/s1. The Balaban J connectivity index is 1.27. The zero-order chi connectivity index (χ0) is 32.4. The summed E-state index contributed by atoms with van der Waals surface area (Å²) in [5.41, 5.74) is 6.80. The van der Waals surface area contributed by atoms with E-state index in [1.807, 2.05) is 32.0 Å². The number of ether oxygens (including phenoxy) is 1. The number of nitrogen functional groups attached to an aromatic ring is 1. The fourth-order valence-electron chi connectivity index (χ4n) is 6.35. The Morgan fingerprint density at radius 3 is 2.59 bits per heavy atom. The molecule has 0 aliphatic carbocycles. The van der Waals surface area contributed by atoms with Gasteiger partial charge in [-0.2, -0.15) is 10.4 Å². The summed E-state index contributed by atoms with van der Waals surface area (Å²) in [6.45, 7) is 6.12. The van der Waals surface area contributed by atoms with Crippen LogP contribution in [0, 0.1) is 17.1 Å². The first kappa shape index (κ1) is 31.1. The predicted octanol–water partition coefficient (Wildman–Crippen LogP) is 4.86. The number of nitrogens with two attached hydrogens (primary N) is 1. The third-order valence-electron chi connectivity index (χ3n) is 8.85. The molecule has 12 heteroatoms. The monoisotopic (exact) mass is 624 g/mol. The number of nitrogens with zero attached hydrogens (tertiary/aromatic N) is 7. The van der Waals surface area contributed by atoms with Gasteiger partial charge in [0, 0.05) is 43.3 Å². The average molecular weight is 625 g/mol. The number of para-hydroxylation sites is 1. The molecule has 1 atom stereocenters. The molecule has 0 unspecified atom stereocenters. The first-order valence-corrected chi connectivity index (χ1v) is 15.5. The predicted molar refractivity (Wildman–Crippen MR) is 171 cm³/mol. The minimum atomic E-state index is -0.543. The molecule has 0 saturated carbocycles. The van der Waals surface area contributed by atoms with Crippen molar-refractivity contribution in [1.82, 2.24) is 29.5 Å². The molecule has 2 aliphatic rings. The largest absolute Gasteiger partial charge is 0.457 e. The molecule has 2 aromatic carbocycles. The zero-order valence-corrected chi connectivity index (χ0v) is 25.9. The number of aliphatic hydroxyl groups excluding tert-OH is 1. The van der Waals surface area contributed by atoms with Gasteiger partial charge >= 0.3 is 0 Å². The number of carbonyl (C=O) groups is 1. The Labute approximate surface area is 266 Å². The molecule has 1 amide bonds. The number of nitriles is 1. The normalized spacial score (nSPS) is 18.5. The number of benzene rings is 2. The summed E-state index contributed by atoms with van der Waals surface area (Å²) >= 11 is 0. The number of aliphatic hydroxyl groups is 1. The number of hydrogen-bond acceptors (Lipinski definition) is 9. The lowest BCUT2D eigenvalue weighted by Gasteiger charge is -2.40. The number of fused-ring (bicyclic) bond motifs is 1. The second kappa shape index (κ2) is 12.9. The molecule has 6 rings (SSSR count). The Bertz CT molecular complexity index is 1810. The highest BCUT2D eigenvalue weighted by Gasteiger charge is 2.33. The first-order chi connectivity index (χ1) is 22.1. The van der Waals surface area contributed by atoms with Crippen molar-refractivity contribution in [2.75, 3.05) is 31.9 Å². The number of aromatic nitrogens is 4. The van der Waals surface area contributed by atoms with Crippen LogP contribution in [0.1, 0.15) is 45.6 Å². The van der Waals surface area contributed by atoms with Gasteiger partial charge in [0.25, 0.3) is 5.91 Å². The van der Waals surface area contributed by atoms with Gasteiger partial charge in [-0.25, -0.2) is 19.0 Å². The molecule has 2 fully saturated rings. The Kier molecular flexibility index (Phi) is 8.71. The van der Waals surface area contributed by atoms with Gasteiger partial charge in [-0.1, -0.05) is 18.2 Å². The van der Waals surface area contributed by atoms with E-state index in [2.05, 4.69) is 20.9 Å². The SMILES string of the molecule is CC(C)(C=C(C#N)C(=O)N1CCC[C@H](n2nc(-c3ccc(Oc4ccccc4)cc3F)c3c(N)ncnc32)C1)N1CCC(O)CC1. The summed E-state index contributed by atoms with van der Waals surface area (Å²) in [6, 6.07) is 15.5. The maximum absolute atomic E-state index is 15.6. The van der Waals surface area contributed by atoms with Gasteiger partial charge in [0.15, 0.2) is 5.65 Å². The maximum Gasteiger partial charge on any atom is 0.264 e. The van der Waals surface area contributed by atoms with Crippen molar-refractivity contribution in [3.05, 3.63) is 72.3 Å². The highest BCUT2D eigenvalue weighted by atomic mass is 19.1. The lowest BCUT2D eigenvalue weighted by molar-refractivity contribution is -0.128. The molecule has 238 valence electrons. The first-order valence-electron chi connectivity index (χ1n) is 15.5. The van der Waals surface area contributed by atoms with Crippen LogP contribution >= 0.6 is 0 Å². The van der Waals surface area contributed by atoms with E-state index in [4.69, 9.17) is 15.6 Å². The van der Waals surface area contributed by atoms with Crippen LogP contribution in [0.3, 0.4) is 0 Å². The zero-order valence-electron chi connectivity index (χ0n) is 25.9. The van der Waals surface area contributed by atoms with Crippen molar-refractivity contribution in [1.29, 1.82) is 5.26 Å². The Morgan fingerprint density at radius 1 is 1.11 bits per heavy atom. The van der Waals surface area contributed by atoms with Gasteiger partial charge < -0.3 is 20.5 Å². The Morgan fingerprint density at radius 2 is 1.87 bits per heavy atom. The van der Waals surface area contributed by atoms with Crippen molar-refractivity contribution in [3.63, 3.8) is 0 Å². The quantitative estimate of drug-likeness (QED) is 0.217. The molecule has 3 N–H and O–H groups in total. The second-order valence-electron chi connectivity index (χ2n) is 12.4.